The Bertz CT molecular complexity index is 797. The number of fused-ring (bicyclic) bond motifs is 1. The second-order valence-corrected chi connectivity index (χ2v) is 5.03. The SMILES string of the molecule is Cc1c(C(=O)NNc2ccccc2)oc2c(Cl)cccc12. The maximum atomic E-state index is 12.2. The number of benzene rings is 2. The lowest BCUT2D eigenvalue weighted by Gasteiger charge is -2.06. The number of nitrogens with one attached hydrogen (secondary N) is 2. The molecule has 0 aliphatic heterocycles. The molecule has 0 saturated heterocycles. The highest BCUT2D eigenvalue weighted by molar-refractivity contribution is 6.35. The van der Waals surface area contributed by atoms with Crippen LogP contribution >= 0.6 is 11.6 Å². The van der Waals surface area contributed by atoms with Crippen molar-refractivity contribution in [3.8, 4) is 0 Å². The summed E-state index contributed by atoms with van der Waals surface area (Å²) in [6.45, 7) is 1.83. The van der Waals surface area contributed by atoms with Crippen molar-refractivity contribution in [2.75, 3.05) is 5.43 Å². The predicted molar refractivity (Wildman–Crippen MR) is 83.5 cm³/mol. The molecule has 106 valence electrons. The maximum absolute atomic E-state index is 12.2. The van der Waals surface area contributed by atoms with Crippen LogP contribution < -0.4 is 10.9 Å². The minimum Gasteiger partial charge on any atom is -0.449 e. The number of amides is 1. The molecule has 0 radical (unpaired) electrons. The zero-order chi connectivity index (χ0) is 14.8. The molecule has 2 aromatic carbocycles. The molecule has 3 aromatic rings. The molecule has 2 N–H and O–H groups in total. The summed E-state index contributed by atoms with van der Waals surface area (Å²) >= 11 is 6.08. The van der Waals surface area contributed by atoms with Gasteiger partial charge in [-0.25, -0.2) is 0 Å². The number of para-hydroxylation sites is 2. The van der Waals surface area contributed by atoms with Crippen LogP contribution in [0.1, 0.15) is 16.1 Å². The largest absolute Gasteiger partial charge is 0.449 e. The smallest absolute Gasteiger partial charge is 0.305 e. The third kappa shape index (κ3) is 2.58. The second kappa shape index (κ2) is 5.50. The summed E-state index contributed by atoms with van der Waals surface area (Å²) in [5.41, 5.74) is 7.53. The normalized spacial score (nSPS) is 10.6. The number of rotatable bonds is 3. The number of hydrogen-bond donors (Lipinski definition) is 2. The van der Waals surface area contributed by atoms with Crippen LogP contribution in [0.5, 0.6) is 0 Å². The van der Waals surface area contributed by atoms with Crippen LogP contribution in [0.25, 0.3) is 11.0 Å². The van der Waals surface area contributed by atoms with Gasteiger partial charge in [0.2, 0.25) is 0 Å². The van der Waals surface area contributed by atoms with Gasteiger partial charge >= 0.3 is 5.91 Å². The van der Waals surface area contributed by atoms with Gasteiger partial charge in [0.05, 0.1) is 10.7 Å². The molecular weight excluding hydrogens is 288 g/mol. The Morgan fingerprint density at radius 3 is 2.57 bits per heavy atom. The lowest BCUT2D eigenvalue weighted by Crippen LogP contribution is -2.29. The first-order valence-electron chi connectivity index (χ1n) is 6.46. The van der Waals surface area contributed by atoms with E-state index in [9.17, 15) is 4.79 Å². The van der Waals surface area contributed by atoms with Crippen molar-refractivity contribution in [3.05, 3.63) is 64.9 Å². The molecule has 3 rings (SSSR count). The van der Waals surface area contributed by atoms with E-state index in [2.05, 4.69) is 10.9 Å². The standard InChI is InChI=1S/C16H13ClN2O2/c1-10-12-8-5-9-13(17)15(12)21-14(10)16(20)19-18-11-6-3-2-4-7-11/h2-9,18H,1H3,(H,19,20). The monoisotopic (exact) mass is 300 g/mol. The molecule has 1 amide bonds. The number of aryl methyl sites for hydroxylation is 1. The average Bonchev–Trinajstić information content (AvgIpc) is 2.85. The van der Waals surface area contributed by atoms with E-state index in [0.717, 1.165) is 16.6 Å². The predicted octanol–water partition coefficient (Wildman–Crippen LogP) is 4.15. The van der Waals surface area contributed by atoms with Crippen molar-refractivity contribution >= 4 is 34.2 Å². The van der Waals surface area contributed by atoms with Gasteiger partial charge in [0.25, 0.3) is 0 Å². The quantitative estimate of drug-likeness (QED) is 0.714. The Kier molecular flexibility index (Phi) is 3.54. The summed E-state index contributed by atoms with van der Waals surface area (Å²) in [5, 5.41) is 1.33. The van der Waals surface area contributed by atoms with Gasteiger partial charge in [-0.3, -0.25) is 15.6 Å². The van der Waals surface area contributed by atoms with Crippen LogP contribution in [0.4, 0.5) is 5.69 Å². The summed E-state index contributed by atoms with van der Waals surface area (Å²) in [6.07, 6.45) is 0. The first-order valence-corrected chi connectivity index (χ1v) is 6.83. The molecule has 0 atom stereocenters. The van der Waals surface area contributed by atoms with E-state index in [1.807, 2.05) is 49.4 Å². The summed E-state index contributed by atoms with van der Waals surface area (Å²) in [4.78, 5) is 12.2. The van der Waals surface area contributed by atoms with Crippen LogP contribution in [-0.2, 0) is 0 Å². The fourth-order valence-electron chi connectivity index (χ4n) is 2.13. The Morgan fingerprint density at radius 2 is 1.86 bits per heavy atom. The van der Waals surface area contributed by atoms with Crippen molar-refractivity contribution in [2.45, 2.75) is 6.92 Å². The van der Waals surface area contributed by atoms with Crippen LogP contribution in [-0.4, -0.2) is 5.91 Å². The van der Waals surface area contributed by atoms with E-state index < -0.39 is 0 Å². The number of hydrogen-bond acceptors (Lipinski definition) is 3. The first kappa shape index (κ1) is 13.5. The van der Waals surface area contributed by atoms with E-state index in [0.29, 0.717) is 10.6 Å². The Balaban J connectivity index is 1.85. The molecular formula is C16H13ClN2O2. The van der Waals surface area contributed by atoms with E-state index >= 15 is 0 Å². The lowest BCUT2D eigenvalue weighted by molar-refractivity contribution is 0.0936. The Morgan fingerprint density at radius 1 is 1.10 bits per heavy atom. The van der Waals surface area contributed by atoms with Crippen molar-refractivity contribution in [1.82, 2.24) is 5.43 Å². The van der Waals surface area contributed by atoms with Gasteiger partial charge < -0.3 is 4.42 Å². The van der Waals surface area contributed by atoms with Gasteiger partial charge in [-0.15, -0.1) is 0 Å². The van der Waals surface area contributed by atoms with Gasteiger partial charge in [0.15, 0.2) is 11.3 Å². The highest BCUT2D eigenvalue weighted by Gasteiger charge is 2.18. The Labute approximate surface area is 126 Å². The second-order valence-electron chi connectivity index (χ2n) is 4.62. The summed E-state index contributed by atoms with van der Waals surface area (Å²) in [6, 6.07) is 14.8. The zero-order valence-corrected chi connectivity index (χ0v) is 12.1. The molecule has 1 heterocycles. The van der Waals surface area contributed by atoms with E-state index in [1.54, 1.807) is 6.07 Å². The van der Waals surface area contributed by atoms with Gasteiger partial charge in [0.1, 0.15) is 0 Å². The summed E-state index contributed by atoms with van der Waals surface area (Å²) in [5.74, 6) is -0.0925. The molecule has 21 heavy (non-hydrogen) atoms. The van der Waals surface area contributed by atoms with E-state index in [4.69, 9.17) is 16.0 Å². The van der Waals surface area contributed by atoms with E-state index in [-0.39, 0.29) is 11.7 Å². The number of carbonyl (C=O) groups is 1. The number of halogens is 1. The third-order valence-electron chi connectivity index (χ3n) is 3.22. The maximum Gasteiger partial charge on any atom is 0.305 e. The van der Waals surface area contributed by atoms with Crippen molar-refractivity contribution < 1.29 is 9.21 Å². The molecule has 0 aliphatic rings. The fraction of sp³-hybridized carbons (Fsp3) is 0.0625. The van der Waals surface area contributed by atoms with Crippen LogP contribution in [0, 0.1) is 6.92 Å². The highest BCUT2D eigenvalue weighted by Crippen LogP contribution is 2.30. The van der Waals surface area contributed by atoms with Gasteiger partial charge in [0, 0.05) is 10.9 Å². The molecule has 0 fully saturated rings. The van der Waals surface area contributed by atoms with Crippen molar-refractivity contribution in [1.29, 1.82) is 0 Å². The molecule has 0 aliphatic carbocycles. The van der Waals surface area contributed by atoms with E-state index in [1.165, 1.54) is 0 Å². The fourth-order valence-corrected chi connectivity index (χ4v) is 2.35. The molecule has 0 spiro atoms. The minimum atomic E-state index is -0.344. The number of carbonyl (C=O) groups excluding carboxylic acids is 1. The van der Waals surface area contributed by atoms with Crippen LogP contribution in [0.15, 0.2) is 52.9 Å². The molecule has 0 unspecified atom stereocenters. The highest BCUT2D eigenvalue weighted by atomic mass is 35.5. The lowest BCUT2D eigenvalue weighted by atomic mass is 10.1. The van der Waals surface area contributed by atoms with Crippen molar-refractivity contribution in [3.63, 3.8) is 0 Å². The third-order valence-corrected chi connectivity index (χ3v) is 3.51. The number of hydrazine groups is 1. The molecule has 0 bridgehead atoms. The first-order chi connectivity index (χ1) is 10.2. The van der Waals surface area contributed by atoms with Crippen molar-refractivity contribution in [2.24, 2.45) is 0 Å². The zero-order valence-electron chi connectivity index (χ0n) is 11.3. The molecule has 5 heteroatoms. The topological polar surface area (TPSA) is 54.3 Å². The molecule has 1 aromatic heterocycles. The average molecular weight is 301 g/mol. The van der Waals surface area contributed by atoms with Crippen LogP contribution in [0.2, 0.25) is 5.02 Å². The number of furan rings is 1. The Hall–Kier alpha value is -2.46. The minimum absolute atomic E-state index is 0.251. The molecule has 0 saturated carbocycles. The summed E-state index contributed by atoms with van der Waals surface area (Å²) in [7, 11) is 0. The van der Waals surface area contributed by atoms with Gasteiger partial charge in [-0.1, -0.05) is 41.9 Å². The molecule has 4 nitrogen and oxygen atoms in total. The number of anilines is 1. The summed E-state index contributed by atoms with van der Waals surface area (Å²) < 4.78 is 5.60. The van der Waals surface area contributed by atoms with Gasteiger partial charge in [-0.05, 0) is 25.1 Å². The van der Waals surface area contributed by atoms with Gasteiger partial charge in [-0.2, -0.15) is 0 Å². The van der Waals surface area contributed by atoms with Crippen LogP contribution in [0.3, 0.4) is 0 Å².